The van der Waals surface area contributed by atoms with Gasteiger partial charge in [-0.3, -0.25) is 4.90 Å². The Morgan fingerprint density at radius 3 is 2.19 bits per heavy atom. The van der Waals surface area contributed by atoms with Gasteiger partial charge in [-0.1, -0.05) is 24.3 Å². The Morgan fingerprint density at radius 1 is 0.875 bits per heavy atom. The van der Waals surface area contributed by atoms with Gasteiger partial charge >= 0.3 is 6.09 Å². The quantitative estimate of drug-likeness (QED) is 0.683. The van der Waals surface area contributed by atoms with E-state index in [9.17, 15) is 4.79 Å². The molecule has 0 unspecified atom stereocenters. The number of nitrogens with zero attached hydrogens (tertiary/aromatic N) is 3. The van der Waals surface area contributed by atoms with Crippen LogP contribution in [0.5, 0.6) is 5.75 Å². The molecule has 0 bridgehead atoms. The molecule has 0 aliphatic carbocycles. The molecule has 0 saturated carbocycles. The second-order valence-corrected chi connectivity index (χ2v) is 8.47. The van der Waals surface area contributed by atoms with Crippen molar-refractivity contribution >= 4 is 11.8 Å². The molecule has 7 heteroatoms. The Labute approximate surface area is 190 Å². The average Bonchev–Trinajstić information content (AvgIpc) is 3.34. The van der Waals surface area contributed by atoms with Crippen molar-refractivity contribution in [2.75, 3.05) is 57.8 Å². The Kier molecular flexibility index (Phi) is 7.85. The van der Waals surface area contributed by atoms with Gasteiger partial charge in [-0.05, 0) is 67.7 Å². The Hall–Kier alpha value is -2.77. The SMILES string of the molecule is COc1ccc(N2CCN(OC(=O)NCCc3ccc(CN4CCCC4)cc3)CC2)cc1. The van der Waals surface area contributed by atoms with Crippen molar-refractivity contribution < 1.29 is 14.4 Å². The van der Waals surface area contributed by atoms with Crippen LogP contribution in [0.4, 0.5) is 10.5 Å². The zero-order chi connectivity index (χ0) is 22.2. The summed E-state index contributed by atoms with van der Waals surface area (Å²) in [5.41, 5.74) is 3.74. The number of hydrogen-bond donors (Lipinski definition) is 1. The molecule has 172 valence electrons. The summed E-state index contributed by atoms with van der Waals surface area (Å²) in [6.07, 6.45) is 3.05. The first kappa shape index (κ1) is 22.4. The van der Waals surface area contributed by atoms with Crippen molar-refractivity contribution in [3.05, 3.63) is 59.7 Å². The van der Waals surface area contributed by atoms with Gasteiger partial charge in [-0.25, -0.2) is 4.79 Å². The molecule has 0 radical (unpaired) electrons. The molecule has 2 saturated heterocycles. The summed E-state index contributed by atoms with van der Waals surface area (Å²) in [6, 6.07) is 16.8. The van der Waals surface area contributed by atoms with Crippen LogP contribution in [0.1, 0.15) is 24.0 Å². The molecular formula is C25H34N4O3. The standard InChI is InChI=1S/C25H34N4O3/c1-31-24-10-8-23(9-11-24)28-16-18-29(19-17-28)32-25(30)26-13-12-21-4-6-22(7-5-21)20-27-14-2-3-15-27/h4-11H,2-3,12-20H2,1H3,(H,26,30). The monoisotopic (exact) mass is 438 g/mol. The minimum absolute atomic E-state index is 0.381. The highest BCUT2D eigenvalue weighted by Crippen LogP contribution is 2.20. The van der Waals surface area contributed by atoms with Crippen LogP contribution >= 0.6 is 0 Å². The summed E-state index contributed by atoms with van der Waals surface area (Å²) in [5, 5.41) is 4.61. The lowest BCUT2D eigenvalue weighted by Crippen LogP contribution is -2.48. The third-order valence-electron chi connectivity index (χ3n) is 6.20. The maximum atomic E-state index is 12.2. The van der Waals surface area contributed by atoms with Gasteiger partial charge in [0.2, 0.25) is 0 Å². The number of likely N-dealkylation sites (tertiary alicyclic amines) is 1. The highest BCUT2D eigenvalue weighted by molar-refractivity contribution is 5.66. The average molecular weight is 439 g/mol. The minimum Gasteiger partial charge on any atom is -0.497 e. The molecule has 0 atom stereocenters. The molecule has 7 nitrogen and oxygen atoms in total. The number of nitrogens with one attached hydrogen (secondary N) is 1. The third kappa shape index (κ3) is 6.37. The van der Waals surface area contributed by atoms with Crippen LogP contribution in [0.2, 0.25) is 0 Å². The van der Waals surface area contributed by atoms with Gasteiger partial charge in [0.05, 0.1) is 20.2 Å². The van der Waals surface area contributed by atoms with Crippen LogP contribution in [0.3, 0.4) is 0 Å². The molecule has 2 aliphatic rings. The van der Waals surface area contributed by atoms with Gasteiger partial charge in [0.1, 0.15) is 5.75 Å². The zero-order valence-electron chi connectivity index (χ0n) is 19.0. The van der Waals surface area contributed by atoms with Crippen molar-refractivity contribution in [2.45, 2.75) is 25.8 Å². The Bertz CT molecular complexity index is 842. The van der Waals surface area contributed by atoms with E-state index < -0.39 is 0 Å². The molecule has 1 N–H and O–H groups in total. The highest BCUT2D eigenvalue weighted by Gasteiger charge is 2.20. The van der Waals surface area contributed by atoms with E-state index in [2.05, 4.69) is 51.5 Å². The van der Waals surface area contributed by atoms with Gasteiger partial charge in [0.15, 0.2) is 0 Å². The van der Waals surface area contributed by atoms with Crippen molar-refractivity contribution in [1.82, 2.24) is 15.3 Å². The van der Waals surface area contributed by atoms with E-state index in [4.69, 9.17) is 9.57 Å². The summed E-state index contributed by atoms with van der Waals surface area (Å²) < 4.78 is 5.21. The first-order valence-corrected chi connectivity index (χ1v) is 11.6. The van der Waals surface area contributed by atoms with E-state index in [0.29, 0.717) is 19.6 Å². The molecule has 0 spiro atoms. The predicted octanol–water partition coefficient (Wildman–Crippen LogP) is 3.30. The number of benzene rings is 2. The summed E-state index contributed by atoms with van der Waals surface area (Å²) >= 11 is 0. The number of methoxy groups -OCH3 is 1. The molecular weight excluding hydrogens is 404 g/mol. The predicted molar refractivity (Wildman–Crippen MR) is 126 cm³/mol. The third-order valence-corrected chi connectivity index (χ3v) is 6.20. The molecule has 2 aromatic carbocycles. The fourth-order valence-electron chi connectivity index (χ4n) is 4.30. The van der Waals surface area contributed by atoms with Crippen molar-refractivity contribution in [1.29, 1.82) is 0 Å². The smallest absolute Gasteiger partial charge is 0.426 e. The number of hydroxylamine groups is 2. The minimum atomic E-state index is -0.381. The van der Waals surface area contributed by atoms with E-state index >= 15 is 0 Å². The topological polar surface area (TPSA) is 57.3 Å². The lowest BCUT2D eigenvalue weighted by atomic mass is 10.1. The van der Waals surface area contributed by atoms with Gasteiger partial charge in [-0.2, -0.15) is 0 Å². The molecule has 4 rings (SSSR count). The van der Waals surface area contributed by atoms with Gasteiger partial charge < -0.3 is 19.8 Å². The number of ether oxygens (including phenoxy) is 1. The summed E-state index contributed by atoms with van der Waals surface area (Å²) in [6.45, 7) is 7.00. The molecule has 1 amide bonds. The normalized spacial score (nSPS) is 17.3. The van der Waals surface area contributed by atoms with Crippen LogP contribution in [0.15, 0.2) is 48.5 Å². The Balaban J connectivity index is 1.12. The van der Waals surface area contributed by atoms with E-state index in [1.54, 1.807) is 12.2 Å². The number of piperazine rings is 1. The van der Waals surface area contributed by atoms with Gasteiger partial charge in [0.25, 0.3) is 0 Å². The number of carbonyl (C=O) groups is 1. The second kappa shape index (κ2) is 11.2. The van der Waals surface area contributed by atoms with E-state index in [1.165, 1.54) is 37.1 Å². The van der Waals surface area contributed by atoms with Crippen LogP contribution in [0.25, 0.3) is 0 Å². The van der Waals surface area contributed by atoms with Crippen molar-refractivity contribution in [3.63, 3.8) is 0 Å². The number of amides is 1. The molecule has 2 aliphatic heterocycles. The number of rotatable bonds is 8. The molecule has 2 heterocycles. The lowest BCUT2D eigenvalue weighted by Gasteiger charge is -2.34. The van der Waals surface area contributed by atoms with Crippen LogP contribution in [-0.2, 0) is 17.8 Å². The summed E-state index contributed by atoms with van der Waals surface area (Å²) in [7, 11) is 1.67. The summed E-state index contributed by atoms with van der Waals surface area (Å²) in [5.74, 6) is 0.852. The molecule has 0 aromatic heterocycles. The van der Waals surface area contributed by atoms with E-state index in [1.807, 2.05) is 12.1 Å². The van der Waals surface area contributed by atoms with Crippen molar-refractivity contribution in [3.8, 4) is 5.75 Å². The zero-order valence-corrected chi connectivity index (χ0v) is 19.0. The van der Waals surface area contributed by atoms with Gasteiger partial charge in [-0.15, -0.1) is 5.06 Å². The maximum absolute atomic E-state index is 12.2. The number of hydrogen-bond acceptors (Lipinski definition) is 6. The highest BCUT2D eigenvalue weighted by atomic mass is 16.7. The van der Waals surface area contributed by atoms with E-state index in [-0.39, 0.29) is 6.09 Å². The lowest BCUT2D eigenvalue weighted by molar-refractivity contribution is -0.102. The molecule has 32 heavy (non-hydrogen) atoms. The number of anilines is 1. The fourth-order valence-corrected chi connectivity index (χ4v) is 4.30. The van der Waals surface area contributed by atoms with Gasteiger partial charge in [0, 0.05) is 31.9 Å². The molecule has 2 fully saturated rings. The fraction of sp³-hybridized carbons (Fsp3) is 0.480. The number of carbonyl (C=O) groups excluding carboxylic acids is 1. The Morgan fingerprint density at radius 2 is 1.53 bits per heavy atom. The van der Waals surface area contributed by atoms with Crippen LogP contribution < -0.4 is 15.0 Å². The van der Waals surface area contributed by atoms with Crippen molar-refractivity contribution in [2.24, 2.45) is 0 Å². The maximum Gasteiger partial charge on any atom is 0.426 e. The first-order chi connectivity index (χ1) is 15.7. The van der Waals surface area contributed by atoms with Crippen LogP contribution in [-0.4, -0.2) is 69.0 Å². The first-order valence-electron chi connectivity index (χ1n) is 11.6. The second-order valence-electron chi connectivity index (χ2n) is 8.47. The summed E-state index contributed by atoms with van der Waals surface area (Å²) in [4.78, 5) is 22.4. The van der Waals surface area contributed by atoms with E-state index in [0.717, 1.165) is 37.5 Å². The van der Waals surface area contributed by atoms with Crippen LogP contribution in [0, 0.1) is 0 Å². The largest absolute Gasteiger partial charge is 0.497 e. The molecule has 2 aromatic rings.